The largest absolute Gasteiger partial charge is 0.289 e. The summed E-state index contributed by atoms with van der Waals surface area (Å²) in [7, 11) is 0. The summed E-state index contributed by atoms with van der Waals surface area (Å²) in [5.74, 6) is -0.128. The topological polar surface area (TPSA) is 34.1 Å². The van der Waals surface area contributed by atoms with Gasteiger partial charge in [-0.3, -0.25) is 9.59 Å². The molecule has 0 saturated carbocycles. The van der Waals surface area contributed by atoms with Gasteiger partial charge in [0, 0.05) is 22.3 Å². The van der Waals surface area contributed by atoms with Crippen molar-refractivity contribution in [3.05, 3.63) is 70.8 Å². The predicted octanol–water partition coefficient (Wildman–Crippen LogP) is 3.31. The van der Waals surface area contributed by atoms with Crippen molar-refractivity contribution in [2.24, 2.45) is 0 Å². The van der Waals surface area contributed by atoms with E-state index in [1.54, 1.807) is 48.5 Å². The van der Waals surface area contributed by atoms with Crippen LogP contribution >= 0.6 is 24.8 Å². The Labute approximate surface area is 117 Å². The van der Waals surface area contributed by atoms with Crippen LogP contribution in [0.15, 0.2) is 48.5 Å². The van der Waals surface area contributed by atoms with Gasteiger partial charge >= 0.3 is 0 Å². The maximum absolute atomic E-state index is 12.1. The lowest BCUT2D eigenvalue weighted by atomic mass is 9.84. The van der Waals surface area contributed by atoms with E-state index in [2.05, 4.69) is 0 Å². The highest BCUT2D eigenvalue weighted by Gasteiger charge is 2.28. The standard InChI is InChI=1S/C14H8O2.2ClH/c15-13-9-5-1-2-6-10(9)14(16)12-8-4-3-7-11(12)13;;/h1-8H;2*1H. The van der Waals surface area contributed by atoms with Gasteiger partial charge < -0.3 is 0 Å². The van der Waals surface area contributed by atoms with Crippen LogP contribution in [0.3, 0.4) is 0 Å². The first-order chi connectivity index (χ1) is 7.79. The molecule has 0 amide bonds. The fourth-order valence-corrected chi connectivity index (χ4v) is 2.05. The first-order valence-corrected chi connectivity index (χ1v) is 5.06. The number of benzene rings is 2. The Balaban J connectivity index is 0.000000810. The molecule has 0 N–H and O–H groups in total. The summed E-state index contributed by atoms with van der Waals surface area (Å²) in [5.41, 5.74) is 2.02. The number of rotatable bonds is 0. The average Bonchev–Trinajstić information content (AvgIpc) is 2.36. The molecule has 0 heterocycles. The Kier molecular flexibility index (Phi) is 4.28. The normalized spacial score (nSPS) is 11.8. The first-order valence-electron chi connectivity index (χ1n) is 5.06. The zero-order chi connectivity index (χ0) is 11.1. The van der Waals surface area contributed by atoms with Crippen molar-refractivity contribution in [1.82, 2.24) is 0 Å². The lowest BCUT2D eigenvalue weighted by Gasteiger charge is -2.16. The summed E-state index contributed by atoms with van der Waals surface area (Å²) >= 11 is 0. The van der Waals surface area contributed by atoms with Crippen molar-refractivity contribution in [2.45, 2.75) is 0 Å². The molecule has 0 aromatic heterocycles. The highest BCUT2D eigenvalue weighted by molar-refractivity contribution is 6.28. The van der Waals surface area contributed by atoms with Gasteiger partial charge in [-0.05, 0) is 0 Å². The molecular formula is C14H10Cl2O2. The second-order valence-electron chi connectivity index (χ2n) is 3.75. The highest BCUT2D eigenvalue weighted by atomic mass is 35.5. The molecule has 0 fully saturated rings. The molecule has 2 nitrogen and oxygen atoms in total. The van der Waals surface area contributed by atoms with E-state index in [0.29, 0.717) is 22.3 Å². The van der Waals surface area contributed by atoms with Gasteiger partial charge in [0.05, 0.1) is 0 Å². The molecule has 0 atom stereocenters. The lowest BCUT2D eigenvalue weighted by Crippen LogP contribution is -2.20. The number of fused-ring (bicyclic) bond motifs is 2. The number of ketones is 2. The van der Waals surface area contributed by atoms with Crippen LogP contribution in [0.25, 0.3) is 0 Å². The van der Waals surface area contributed by atoms with E-state index in [9.17, 15) is 9.59 Å². The molecule has 0 aliphatic heterocycles. The molecule has 1 aliphatic rings. The van der Waals surface area contributed by atoms with E-state index in [1.807, 2.05) is 0 Å². The molecule has 0 spiro atoms. The Hall–Kier alpha value is -1.64. The van der Waals surface area contributed by atoms with Gasteiger partial charge in [-0.15, -0.1) is 24.8 Å². The fourth-order valence-electron chi connectivity index (χ4n) is 2.05. The second kappa shape index (κ2) is 5.34. The summed E-state index contributed by atoms with van der Waals surface area (Å²) in [4.78, 5) is 24.2. The molecule has 4 heteroatoms. The minimum Gasteiger partial charge on any atom is -0.289 e. The second-order valence-corrected chi connectivity index (χ2v) is 3.75. The van der Waals surface area contributed by atoms with Crippen molar-refractivity contribution in [3.8, 4) is 0 Å². The van der Waals surface area contributed by atoms with Gasteiger partial charge in [0.25, 0.3) is 0 Å². The summed E-state index contributed by atoms with van der Waals surface area (Å²) < 4.78 is 0. The van der Waals surface area contributed by atoms with E-state index >= 15 is 0 Å². The van der Waals surface area contributed by atoms with Gasteiger partial charge in [-0.25, -0.2) is 0 Å². The summed E-state index contributed by atoms with van der Waals surface area (Å²) in [5, 5.41) is 0. The Morgan fingerprint density at radius 2 is 0.722 bits per heavy atom. The van der Waals surface area contributed by atoms with Gasteiger partial charge in [-0.2, -0.15) is 0 Å². The van der Waals surface area contributed by atoms with Crippen molar-refractivity contribution in [2.75, 3.05) is 0 Å². The van der Waals surface area contributed by atoms with Gasteiger partial charge in [0.1, 0.15) is 0 Å². The molecule has 1 aliphatic carbocycles. The Bertz CT molecular complexity index is 515. The lowest BCUT2D eigenvalue weighted by molar-refractivity contribution is 0.0979. The third kappa shape index (κ3) is 1.94. The third-order valence-corrected chi connectivity index (χ3v) is 2.83. The van der Waals surface area contributed by atoms with Crippen molar-refractivity contribution < 1.29 is 9.59 Å². The number of hydrogen-bond acceptors (Lipinski definition) is 2. The number of halogens is 2. The number of carbonyl (C=O) groups excluding carboxylic acids is 2. The highest BCUT2D eigenvalue weighted by Crippen LogP contribution is 2.26. The molecule has 0 saturated heterocycles. The zero-order valence-corrected chi connectivity index (χ0v) is 10.9. The monoisotopic (exact) mass is 280 g/mol. The van der Waals surface area contributed by atoms with Gasteiger partial charge in [0.15, 0.2) is 11.6 Å². The molecule has 2 aromatic carbocycles. The molecule has 18 heavy (non-hydrogen) atoms. The smallest absolute Gasteiger partial charge is 0.194 e. The van der Waals surface area contributed by atoms with Crippen molar-refractivity contribution in [3.63, 3.8) is 0 Å². The molecule has 0 bridgehead atoms. The Morgan fingerprint density at radius 3 is 0.944 bits per heavy atom. The van der Waals surface area contributed by atoms with Crippen LogP contribution in [0.5, 0.6) is 0 Å². The molecule has 3 rings (SSSR count). The molecular weight excluding hydrogens is 271 g/mol. The first kappa shape index (κ1) is 14.4. The van der Waals surface area contributed by atoms with Crippen molar-refractivity contribution >= 4 is 36.4 Å². The summed E-state index contributed by atoms with van der Waals surface area (Å²) in [6.45, 7) is 0. The maximum Gasteiger partial charge on any atom is 0.194 e. The van der Waals surface area contributed by atoms with Crippen LogP contribution in [0.4, 0.5) is 0 Å². The quantitative estimate of drug-likeness (QED) is 0.633. The fraction of sp³-hybridized carbons (Fsp3) is 0. The summed E-state index contributed by atoms with van der Waals surface area (Å²) in [6.07, 6.45) is 0. The Morgan fingerprint density at radius 1 is 0.500 bits per heavy atom. The molecule has 92 valence electrons. The van der Waals surface area contributed by atoms with Crippen LogP contribution in [-0.2, 0) is 0 Å². The van der Waals surface area contributed by atoms with Gasteiger partial charge in [0.2, 0.25) is 0 Å². The summed E-state index contributed by atoms with van der Waals surface area (Å²) in [6, 6.07) is 13.9. The maximum atomic E-state index is 12.1. The van der Waals surface area contributed by atoms with E-state index in [1.165, 1.54) is 0 Å². The van der Waals surface area contributed by atoms with Crippen molar-refractivity contribution in [1.29, 1.82) is 0 Å². The predicted molar refractivity (Wildman–Crippen MR) is 74.2 cm³/mol. The molecule has 0 unspecified atom stereocenters. The van der Waals surface area contributed by atoms with Crippen LogP contribution in [0.1, 0.15) is 31.8 Å². The zero-order valence-electron chi connectivity index (χ0n) is 9.25. The van der Waals surface area contributed by atoms with E-state index in [0.717, 1.165) is 0 Å². The molecule has 2 aromatic rings. The van der Waals surface area contributed by atoms with E-state index < -0.39 is 0 Å². The van der Waals surface area contributed by atoms with Crippen LogP contribution in [-0.4, -0.2) is 11.6 Å². The minimum absolute atomic E-state index is 0. The SMILES string of the molecule is Cl.Cl.O=C1c2ccccc2C(=O)c2ccccc21. The van der Waals surface area contributed by atoms with Crippen LogP contribution in [0.2, 0.25) is 0 Å². The van der Waals surface area contributed by atoms with E-state index in [4.69, 9.17) is 0 Å². The van der Waals surface area contributed by atoms with Gasteiger partial charge in [-0.1, -0.05) is 48.5 Å². The average molecular weight is 281 g/mol. The molecule has 0 radical (unpaired) electrons. The third-order valence-electron chi connectivity index (χ3n) is 2.83. The number of carbonyl (C=O) groups is 2. The minimum atomic E-state index is -0.0641. The number of hydrogen-bond donors (Lipinski definition) is 0. The van der Waals surface area contributed by atoms with Crippen LogP contribution < -0.4 is 0 Å². The van der Waals surface area contributed by atoms with E-state index in [-0.39, 0.29) is 36.4 Å². The van der Waals surface area contributed by atoms with Crippen LogP contribution in [0, 0.1) is 0 Å².